The second kappa shape index (κ2) is 4.33. The van der Waals surface area contributed by atoms with Gasteiger partial charge in [0.2, 0.25) is 0 Å². The molecule has 1 heterocycles. The van der Waals surface area contributed by atoms with E-state index in [1.165, 1.54) is 0 Å². The van der Waals surface area contributed by atoms with Crippen molar-refractivity contribution >= 4 is 26.8 Å². The van der Waals surface area contributed by atoms with E-state index in [2.05, 4.69) is 34.0 Å². The summed E-state index contributed by atoms with van der Waals surface area (Å²) in [5.41, 5.74) is 2.10. The smallest absolute Gasteiger partial charge is 0.0927 e. The second-order valence-electron chi connectivity index (χ2n) is 3.40. The van der Waals surface area contributed by atoms with Crippen LogP contribution in [-0.2, 0) is 13.0 Å². The predicted molar refractivity (Wildman–Crippen MR) is 63.9 cm³/mol. The highest BCUT2D eigenvalue weighted by atomic mass is 79.9. The van der Waals surface area contributed by atoms with Crippen LogP contribution in [0.4, 0.5) is 0 Å². The first-order valence-corrected chi connectivity index (χ1v) is 5.81. The third kappa shape index (κ3) is 1.92. The lowest BCUT2D eigenvalue weighted by molar-refractivity contribution is 0.296. The van der Waals surface area contributed by atoms with Crippen LogP contribution in [0.2, 0.25) is 0 Å². The van der Waals surface area contributed by atoms with E-state index in [-0.39, 0.29) is 6.61 Å². The first-order chi connectivity index (χ1) is 7.26. The minimum Gasteiger partial charge on any atom is -0.396 e. The Morgan fingerprint density at radius 3 is 2.93 bits per heavy atom. The molecule has 0 spiro atoms. The van der Waals surface area contributed by atoms with Crippen molar-refractivity contribution in [1.29, 1.82) is 0 Å². The number of fused-ring (bicyclic) bond motifs is 1. The number of aliphatic hydroxyl groups excluding tert-OH is 1. The molecule has 0 saturated carbocycles. The fourth-order valence-electron chi connectivity index (χ4n) is 1.79. The maximum Gasteiger partial charge on any atom is 0.0927 e. The molecule has 3 nitrogen and oxygen atoms in total. The van der Waals surface area contributed by atoms with Crippen molar-refractivity contribution in [2.24, 2.45) is 0 Å². The van der Waals surface area contributed by atoms with Gasteiger partial charge in [-0.1, -0.05) is 15.9 Å². The minimum absolute atomic E-state index is 0.160. The molecule has 2 rings (SSSR count). The van der Waals surface area contributed by atoms with Crippen LogP contribution in [0.15, 0.2) is 22.7 Å². The average Bonchev–Trinajstić information content (AvgIpc) is 2.57. The molecule has 0 unspecified atom stereocenters. The van der Waals surface area contributed by atoms with Gasteiger partial charge in [-0.25, -0.2) is 0 Å². The van der Waals surface area contributed by atoms with Crippen LogP contribution in [0.3, 0.4) is 0 Å². The molecule has 0 radical (unpaired) electrons. The molecule has 15 heavy (non-hydrogen) atoms. The van der Waals surface area contributed by atoms with Gasteiger partial charge in [0, 0.05) is 35.1 Å². The number of aliphatic hydroxyl groups is 1. The first-order valence-electron chi connectivity index (χ1n) is 5.02. The highest BCUT2D eigenvalue weighted by molar-refractivity contribution is 9.10. The number of halogens is 1. The van der Waals surface area contributed by atoms with Crippen LogP contribution < -0.4 is 0 Å². The van der Waals surface area contributed by atoms with E-state index in [0.29, 0.717) is 6.42 Å². The van der Waals surface area contributed by atoms with Crippen molar-refractivity contribution in [3.05, 3.63) is 28.4 Å². The lowest BCUT2D eigenvalue weighted by atomic mass is 10.2. The Bertz CT molecular complexity index is 479. The lowest BCUT2D eigenvalue weighted by Gasteiger charge is -2.02. The molecule has 0 aliphatic heterocycles. The topological polar surface area (TPSA) is 38.0 Å². The van der Waals surface area contributed by atoms with Gasteiger partial charge in [0.25, 0.3) is 0 Å². The number of benzene rings is 1. The molecule has 1 aromatic heterocycles. The monoisotopic (exact) mass is 268 g/mol. The van der Waals surface area contributed by atoms with Gasteiger partial charge in [0.05, 0.1) is 5.52 Å². The van der Waals surface area contributed by atoms with Gasteiger partial charge in [-0.05, 0) is 25.1 Å². The third-order valence-corrected chi connectivity index (χ3v) is 2.95. The van der Waals surface area contributed by atoms with E-state index in [9.17, 15) is 0 Å². The van der Waals surface area contributed by atoms with Crippen LogP contribution in [-0.4, -0.2) is 21.5 Å². The van der Waals surface area contributed by atoms with Crippen molar-refractivity contribution in [3.8, 4) is 0 Å². The first kappa shape index (κ1) is 10.6. The predicted octanol–water partition coefficient (Wildman–Crippen LogP) is 2.35. The SMILES string of the molecule is CCn1nc2ccc(Br)cc2c1CCO. The molecular formula is C11H13BrN2O. The molecule has 0 aliphatic carbocycles. The van der Waals surface area contributed by atoms with Crippen molar-refractivity contribution < 1.29 is 5.11 Å². The number of rotatable bonds is 3. The molecule has 0 bridgehead atoms. The molecule has 0 fully saturated rings. The van der Waals surface area contributed by atoms with Crippen molar-refractivity contribution in [2.45, 2.75) is 19.9 Å². The summed E-state index contributed by atoms with van der Waals surface area (Å²) in [5, 5.41) is 14.6. The zero-order valence-electron chi connectivity index (χ0n) is 8.57. The Morgan fingerprint density at radius 2 is 2.27 bits per heavy atom. The fourth-order valence-corrected chi connectivity index (χ4v) is 2.15. The molecule has 4 heteroatoms. The maximum atomic E-state index is 9.03. The van der Waals surface area contributed by atoms with E-state index in [1.54, 1.807) is 0 Å². The van der Waals surface area contributed by atoms with E-state index < -0.39 is 0 Å². The number of aromatic nitrogens is 2. The van der Waals surface area contributed by atoms with Gasteiger partial charge < -0.3 is 5.11 Å². The number of nitrogens with zero attached hydrogens (tertiary/aromatic N) is 2. The van der Waals surface area contributed by atoms with Gasteiger partial charge in [-0.15, -0.1) is 0 Å². The normalized spacial score (nSPS) is 11.1. The number of aryl methyl sites for hydroxylation is 1. The molecule has 0 aliphatic rings. The maximum absolute atomic E-state index is 9.03. The van der Waals surface area contributed by atoms with Gasteiger partial charge in [-0.3, -0.25) is 4.68 Å². The summed E-state index contributed by atoms with van der Waals surface area (Å²) in [5.74, 6) is 0. The zero-order chi connectivity index (χ0) is 10.8. The summed E-state index contributed by atoms with van der Waals surface area (Å²) < 4.78 is 3.00. The summed E-state index contributed by atoms with van der Waals surface area (Å²) in [4.78, 5) is 0. The molecule has 0 amide bonds. The molecule has 80 valence electrons. The standard InChI is InChI=1S/C11H13BrN2O/c1-2-14-11(5-6-15)9-7-8(12)3-4-10(9)13-14/h3-4,7,15H,2,5-6H2,1H3. The Balaban J connectivity index is 2.65. The van der Waals surface area contributed by atoms with E-state index in [0.717, 1.165) is 27.6 Å². The molecular weight excluding hydrogens is 256 g/mol. The van der Waals surface area contributed by atoms with Crippen LogP contribution in [0.25, 0.3) is 10.9 Å². The highest BCUT2D eigenvalue weighted by Gasteiger charge is 2.09. The summed E-state index contributed by atoms with van der Waals surface area (Å²) in [6.45, 7) is 3.05. The number of hydrogen-bond acceptors (Lipinski definition) is 2. The van der Waals surface area contributed by atoms with E-state index in [1.807, 2.05) is 16.8 Å². The Labute approximate surface area is 96.8 Å². The summed E-state index contributed by atoms with van der Waals surface area (Å²) in [6, 6.07) is 6.03. The molecule has 1 aromatic carbocycles. The van der Waals surface area contributed by atoms with Crippen molar-refractivity contribution in [3.63, 3.8) is 0 Å². The van der Waals surface area contributed by atoms with E-state index in [4.69, 9.17) is 5.11 Å². The van der Waals surface area contributed by atoms with E-state index >= 15 is 0 Å². The number of hydrogen-bond donors (Lipinski definition) is 1. The van der Waals surface area contributed by atoms with Crippen LogP contribution in [0.1, 0.15) is 12.6 Å². The Hall–Kier alpha value is -0.870. The summed E-state index contributed by atoms with van der Waals surface area (Å²) in [7, 11) is 0. The quantitative estimate of drug-likeness (QED) is 0.928. The third-order valence-electron chi connectivity index (χ3n) is 2.46. The molecule has 0 atom stereocenters. The average molecular weight is 269 g/mol. The van der Waals surface area contributed by atoms with Crippen LogP contribution in [0, 0.1) is 0 Å². The molecule has 0 saturated heterocycles. The van der Waals surface area contributed by atoms with Crippen LogP contribution in [0.5, 0.6) is 0 Å². The zero-order valence-corrected chi connectivity index (χ0v) is 10.2. The fraction of sp³-hybridized carbons (Fsp3) is 0.364. The molecule has 2 aromatic rings. The summed E-state index contributed by atoms with van der Waals surface area (Å²) >= 11 is 3.45. The Kier molecular flexibility index (Phi) is 3.07. The van der Waals surface area contributed by atoms with Gasteiger partial charge in [0.15, 0.2) is 0 Å². The van der Waals surface area contributed by atoms with Crippen molar-refractivity contribution in [2.75, 3.05) is 6.61 Å². The lowest BCUT2D eigenvalue weighted by Crippen LogP contribution is -2.04. The summed E-state index contributed by atoms with van der Waals surface area (Å²) in [6.07, 6.45) is 0.654. The minimum atomic E-state index is 0.160. The molecule has 1 N–H and O–H groups in total. The largest absolute Gasteiger partial charge is 0.396 e. The van der Waals surface area contributed by atoms with Gasteiger partial charge in [0.1, 0.15) is 0 Å². The van der Waals surface area contributed by atoms with Gasteiger partial charge in [-0.2, -0.15) is 5.10 Å². The second-order valence-corrected chi connectivity index (χ2v) is 4.31. The Morgan fingerprint density at radius 1 is 1.47 bits per heavy atom. The van der Waals surface area contributed by atoms with Crippen LogP contribution >= 0.6 is 15.9 Å². The van der Waals surface area contributed by atoms with Gasteiger partial charge >= 0.3 is 0 Å². The van der Waals surface area contributed by atoms with Crippen molar-refractivity contribution in [1.82, 2.24) is 9.78 Å². The highest BCUT2D eigenvalue weighted by Crippen LogP contribution is 2.23.